The van der Waals surface area contributed by atoms with Gasteiger partial charge < -0.3 is 10.1 Å². The maximum atomic E-state index is 13.2. The van der Waals surface area contributed by atoms with Crippen LogP contribution < -0.4 is 5.32 Å². The molecule has 1 aromatic rings. The molecule has 2 saturated heterocycles. The normalized spacial score (nSPS) is 40.4. The minimum Gasteiger partial charge on any atom is -0.373 e. The molecule has 1 aromatic carbocycles. The summed E-state index contributed by atoms with van der Waals surface area (Å²) in [5.74, 6) is 0.420. The zero-order valence-corrected chi connectivity index (χ0v) is 11.0. The fourth-order valence-electron chi connectivity index (χ4n) is 3.90. The standard InChI is InChI=1S/C16H20FNO/c17-12-3-1-2-10(6-12)11-7-13(8-11)18-15-9-14-4-5-16(15)19-14/h1-3,6,11,13-16,18H,4-5,7-9H2. The maximum Gasteiger partial charge on any atom is 0.123 e. The van der Waals surface area contributed by atoms with Gasteiger partial charge in [-0.3, -0.25) is 0 Å². The van der Waals surface area contributed by atoms with Crippen molar-refractivity contribution in [1.29, 1.82) is 0 Å². The first kappa shape index (κ1) is 11.9. The second kappa shape index (κ2) is 4.57. The van der Waals surface area contributed by atoms with Crippen LogP contribution in [0.1, 0.15) is 43.6 Å². The fourth-order valence-corrected chi connectivity index (χ4v) is 3.90. The van der Waals surface area contributed by atoms with Crippen LogP contribution in [0.3, 0.4) is 0 Å². The summed E-state index contributed by atoms with van der Waals surface area (Å²) in [5, 5.41) is 3.74. The molecule has 1 aliphatic carbocycles. The van der Waals surface area contributed by atoms with E-state index in [1.165, 1.54) is 25.3 Å². The highest BCUT2D eigenvalue weighted by Gasteiger charge is 2.43. The van der Waals surface area contributed by atoms with E-state index in [9.17, 15) is 4.39 Å². The smallest absolute Gasteiger partial charge is 0.123 e. The third-order valence-electron chi connectivity index (χ3n) is 5.01. The lowest BCUT2D eigenvalue weighted by molar-refractivity contribution is 0.0931. The summed E-state index contributed by atoms with van der Waals surface area (Å²) < 4.78 is 19.1. The van der Waals surface area contributed by atoms with Crippen LogP contribution in [0.25, 0.3) is 0 Å². The van der Waals surface area contributed by atoms with Gasteiger partial charge in [0.2, 0.25) is 0 Å². The molecule has 2 nitrogen and oxygen atoms in total. The minimum atomic E-state index is -0.115. The van der Waals surface area contributed by atoms with Crippen LogP contribution in [-0.2, 0) is 4.74 Å². The third kappa shape index (κ3) is 2.19. The summed E-state index contributed by atoms with van der Waals surface area (Å²) in [6.07, 6.45) is 6.90. The average Bonchev–Trinajstić information content (AvgIpc) is 2.95. The number of hydrogen-bond acceptors (Lipinski definition) is 2. The van der Waals surface area contributed by atoms with Crippen molar-refractivity contribution in [2.24, 2.45) is 0 Å². The second-order valence-electron chi connectivity index (χ2n) is 6.30. The summed E-state index contributed by atoms with van der Waals surface area (Å²) in [5.41, 5.74) is 1.15. The van der Waals surface area contributed by atoms with E-state index >= 15 is 0 Å². The molecule has 0 amide bonds. The van der Waals surface area contributed by atoms with Gasteiger partial charge in [0.15, 0.2) is 0 Å². The van der Waals surface area contributed by atoms with Gasteiger partial charge in [0.1, 0.15) is 5.82 Å². The van der Waals surface area contributed by atoms with E-state index in [1.807, 2.05) is 12.1 Å². The van der Waals surface area contributed by atoms with Crippen molar-refractivity contribution < 1.29 is 9.13 Å². The van der Waals surface area contributed by atoms with Crippen LogP contribution in [0.5, 0.6) is 0 Å². The summed E-state index contributed by atoms with van der Waals surface area (Å²) in [7, 11) is 0. The van der Waals surface area contributed by atoms with E-state index in [4.69, 9.17) is 4.74 Å². The Labute approximate surface area is 113 Å². The number of rotatable bonds is 3. The monoisotopic (exact) mass is 261 g/mol. The molecule has 0 spiro atoms. The molecular weight excluding hydrogens is 241 g/mol. The van der Waals surface area contributed by atoms with Crippen molar-refractivity contribution in [3.8, 4) is 0 Å². The van der Waals surface area contributed by atoms with Crippen LogP contribution in [0, 0.1) is 5.82 Å². The van der Waals surface area contributed by atoms with Crippen LogP contribution >= 0.6 is 0 Å². The highest BCUT2D eigenvalue weighted by molar-refractivity contribution is 5.24. The first-order valence-corrected chi connectivity index (χ1v) is 7.45. The Morgan fingerprint density at radius 1 is 1.16 bits per heavy atom. The van der Waals surface area contributed by atoms with Gasteiger partial charge in [0.05, 0.1) is 12.2 Å². The van der Waals surface area contributed by atoms with Gasteiger partial charge in [-0.1, -0.05) is 12.1 Å². The highest BCUT2D eigenvalue weighted by atomic mass is 19.1. The molecule has 1 saturated carbocycles. The number of halogens is 1. The first-order chi connectivity index (χ1) is 9.28. The Kier molecular flexibility index (Phi) is 2.85. The lowest BCUT2D eigenvalue weighted by Crippen LogP contribution is -2.49. The van der Waals surface area contributed by atoms with Crippen LogP contribution in [0.15, 0.2) is 24.3 Å². The molecule has 19 heavy (non-hydrogen) atoms. The second-order valence-corrected chi connectivity index (χ2v) is 6.30. The van der Waals surface area contributed by atoms with Gasteiger partial charge in [0.25, 0.3) is 0 Å². The number of benzene rings is 1. The molecule has 2 heterocycles. The molecule has 3 aliphatic rings. The minimum absolute atomic E-state index is 0.115. The zero-order chi connectivity index (χ0) is 12.8. The Morgan fingerprint density at radius 3 is 2.74 bits per heavy atom. The predicted molar refractivity (Wildman–Crippen MR) is 71.6 cm³/mol. The zero-order valence-electron chi connectivity index (χ0n) is 11.0. The Bertz CT molecular complexity index is 472. The van der Waals surface area contributed by atoms with Crippen molar-refractivity contribution in [2.75, 3.05) is 0 Å². The van der Waals surface area contributed by atoms with Crippen molar-refractivity contribution in [1.82, 2.24) is 5.32 Å². The van der Waals surface area contributed by atoms with E-state index in [0.717, 1.165) is 18.4 Å². The number of ether oxygens (including phenoxy) is 1. The maximum absolute atomic E-state index is 13.2. The molecule has 3 fully saturated rings. The predicted octanol–water partition coefficient (Wildman–Crippen LogP) is 2.98. The Hall–Kier alpha value is -0.930. The largest absolute Gasteiger partial charge is 0.373 e. The molecule has 0 aromatic heterocycles. The van der Waals surface area contributed by atoms with E-state index in [-0.39, 0.29) is 5.82 Å². The lowest BCUT2D eigenvalue weighted by Gasteiger charge is -2.39. The highest BCUT2D eigenvalue weighted by Crippen LogP contribution is 2.40. The van der Waals surface area contributed by atoms with Gasteiger partial charge in [-0.05, 0) is 55.7 Å². The molecule has 3 atom stereocenters. The number of fused-ring (bicyclic) bond motifs is 2. The van der Waals surface area contributed by atoms with Crippen LogP contribution in [-0.4, -0.2) is 24.3 Å². The van der Waals surface area contributed by atoms with Crippen molar-refractivity contribution in [3.63, 3.8) is 0 Å². The van der Waals surface area contributed by atoms with Gasteiger partial charge in [0, 0.05) is 12.1 Å². The quantitative estimate of drug-likeness (QED) is 0.903. The third-order valence-corrected chi connectivity index (χ3v) is 5.01. The van der Waals surface area contributed by atoms with Gasteiger partial charge in [-0.15, -0.1) is 0 Å². The molecule has 0 radical (unpaired) electrons. The van der Waals surface area contributed by atoms with Gasteiger partial charge >= 0.3 is 0 Å². The van der Waals surface area contributed by atoms with Gasteiger partial charge in [-0.25, -0.2) is 4.39 Å². The van der Waals surface area contributed by atoms with Crippen molar-refractivity contribution in [2.45, 2.75) is 62.3 Å². The fraction of sp³-hybridized carbons (Fsp3) is 0.625. The number of hydrogen-bond donors (Lipinski definition) is 1. The first-order valence-electron chi connectivity index (χ1n) is 7.45. The van der Waals surface area contributed by atoms with Crippen molar-refractivity contribution >= 4 is 0 Å². The SMILES string of the molecule is Fc1cccc(C2CC(NC3CC4CCC3O4)C2)c1. The van der Waals surface area contributed by atoms with E-state index in [2.05, 4.69) is 5.32 Å². The molecule has 3 unspecified atom stereocenters. The molecule has 2 bridgehead atoms. The summed E-state index contributed by atoms with van der Waals surface area (Å²) in [4.78, 5) is 0. The lowest BCUT2D eigenvalue weighted by atomic mass is 9.75. The van der Waals surface area contributed by atoms with Crippen LogP contribution in [0.4, 0.5) is 4.39 Å². The summed E-state index contributed by atoms with van der Waals surface area (Å²) in [6, 6.07) is 8.23. The molecule has 2 aliphatic heterocycles. The number of nitrogens with one attached hydrogen (secondary N) is 1. The van der Waals surface area contributed by atoms with Gasteiger partial charge in [-0.2, -0.15) is 0 Å². The Morgan fingerprint density at radius 2 is 2.05 bits per heavy atom. The summed E-state index contributed by atoms with van der Waals surface area (Å²) >= 11 is 0. The molecular formula is C16H20FNO. The average molecular weight is 261 g/mol. The van der Waals surface area contributed by atoms with E-state index in [0.29, 0.717) is 30.2 Å². The topological polar surface area (TPSA) is 21.3 Å². The van der Waals surface area contributed by atoms with E-state index < -0.39 is 0 Å². The molecule has 102 valence electrons. The molecule has 3 heteroatoms. The van der Waals surface area contributed by atoms with E-state index in [1.54, 1.807) is 6.07 Å². The Balaban J connectivity index is 1.31. The van der Waals surface area contributed by atoms with Crippen LogP contribution in [0.2, 0.25) is 0 Å². The molecule has 4 rings (SSSR count). The van der Waals surface area contributed by atoms with Crippen molar-refractivity contribution in [3.05, 3.63) is 35.6 Å². The summed E-state index contributed by atoms with van der Waals surface area (Å²) in [6.45, 7) is 0. The molecule has 1 N–H and O–H groups in total.